The van der Waals surface area contributed by atoms with Crippen molar-refractivity contribution >= 4 is 5.97 Å². The van der Waals surface area contributed by atoms with Crippen molar-refractivity contribution < 1.29 is 14.3 Å². The first-order valence-corrected chi connectivity index (χ1v) is 3.06. The quantitative estimate of drug-likeness (QED) is 0.443. The van der Waals surface area contributed by atoms with Crippen molar-refractivity contribution in [2.75, 3.05) is 13.2 Å². The molecule has 0 saturated carbocycles. The van der Waals surface area contributed by atoms with Gasteiger partial charge in [0.15, 0.2) is 0 Å². The molecule has 0 spiro atoms. The molecule has 9 heavy (non-hydrogen) atoms. The summed E-state index contributed by atoms with van der Waals surface area (Å²) in [6.07, 6.45) is 0.417. The summed E-state index contributed by atoms with van der Waals surface area (Å²) >= 11 is 0. The van der Waals surface area contributed by atoms with Crippen molar-refractivity contribution in [1.82, 2.24) is 0 Å². The van der Waals surface area contributed by atoms with Gasteiger partial charge in [-0.05, 0) is 6.92 Å². The zero-order valence-corrected chi connectivity index (χ0v) is 5.42. The number of esters is 1. The fourth-order valence-corrected chi connectivity index (χ4v) is 0.757. The maximum absolute atomic E-state index is 10.6. The molecule has 1 fully saturated rings. The average Bonchev–Trinajstić information content (AvgIpc) is 1.93. The van der Waals surface area contributed by atoms with Crippen LogP contribution in [0.3, 0.4) is 0 Å². The minimum Gasteiger partial charge on any atom is -0.463 e. The van der Waals surface area contributed by atoms with Gasteiger partial charge in [-0.3, -0.25) is 4.79 Å². The normalized spacial score (nSPS) is 29.0. The van der Waals surface area contributed by atoms with E-state index in [0.717, 1.165) is 0 Å². The van der Waals surface area contributed by atoms with Gasteiger partial charge in [0.25, 0.3) is 0 Å². The van der Waals surface area contributed by atoms with E-state index >= 15 is 0 Å². The molecule has 0 amide bonds. The van der Waals surface area contributed by atoms with Gasteiger partial charge in [0, 0.05) is 0 Å². The van der Waals surface area contributed by atoms with Crippen LogP contribution in [-0.4, -0.2) is 25.3 Å². The lowest BCUT2D eigenvalue weighted by Gasteiger charge is -2.02. The Balaban J connectivity index is 2.37. The molecule has 0 radical (unpaired) electrons. The monoisotopic (exact) mass is 130 g/mol. The van der Waals surface area contributed by atoms with Crippen LogP contribution in [0, 0.1) is 0 Å². The smallest absolute Gasteiger partial charge is 0.308 e. The summed E-state index contributed by atoms with van der Waals surface area (Å²) < 4.78 is 9.84. The molecule has 1 saturated heterocycles. The van der Waals surface area contributed by atoms with E-state index in [2.05, 4.69) is 0 Å². The SMILES string of the molecule is CC1CC(=O)OCCO1. The van der Waals surface area contributed by atoms with Gasteiger partial charge in [-0.25, -0.2) is 0 Å². The second-order valence-corrected chi connectivity index (χ2v) is 2.11. The Labute approximate surface area is 53.9 Å². The highest BCUT2D eigenvalue weighted by atomic mass is 16.6. The van der Waals surface area contributed by atoms with Gasteiger partial charge < -0.3 is 9.47 Å². The van der Waals surface area contributed by atoms with Crippen LogP contribution in [-0.2, 0) is 14.3 Å². The third-order valence-corrected chi connectivity index (χ3v) is 1.20. The Bertz CT molecular complexity index is 111. The molecule has 0 aliphatic carbocycles. The Morgan fingerprint density at radius 3 is 3.11 bits per heavy atom. The van der Waals surface area contributed by atoms with Gasteiger partial charge in [-0.15, -0.1) is 0 Å². The third kappa shape index (κ3) is 2.01. The van der Waals surface area contributed by atoms with Crippen LogP contribution in [0.15, 0.2) is 0 Å². The van der Waals surface area contributed by atoms with Crippen molar-refractivity contribution in [3.63, 3.8) is 0 Å². The highest BCUT2D eigenvalue weighted by Gasteiger charge is 2.13. The lowest BCUT2D eigenvalue weighted by Crippen LogP contribution is -2.09. The zero-order valence-electron chi connectivity index (χ0n) is 5.42. The molecule has 1 aliphatic heterocycles. The predicted octanol–water partition coefficient (Wildman–Crippen LogP) is 0.338. The fourth-order valence-electron chi connectivity index (χ4n) is 0.757. The molecule has 0 aromatic heterocycles. The van der Waals surface area contributed by atoms with Gasteiger partial charge in [0.1, 0.15) is 6.61 Å². The van der Waals surface area contributed by atoms with Gasteiger partial charge in [0.05, 0.1) is 19.1 Å². The van der Waals surface area contributed by atoms with E-state index in [1.54, 1.807) is 0 Å². The fraction of sp³-hybridized carbons (Fsp3) is 0.833. The molecule has 3 heteroatoms. The largest absolute Gasteiger partial charge is 0.463 e. The Morgan fingerprint density at radius 1 is 1.56 bits per heavy atom. The summed E-state index contributed by atoms with van der Waals surface area (Å²) in [4.78, 5) is 10.6. The summed E-state index contributed by atoms with van der Waals surface area (Å²) in [7, 11) is 0. The molecule has 1 unspecified atom stereocenters. The molecule has 1 heterocycles. The summed E-state index contributed by atoms with van der Waals surface area (Å²) in [6.45, 7) is 2.81. The van der Waals surface area contributed by atoms with Gasteiger partial charge >= 0.3 is 5.97 Å². The van der Waals surface area contributed by atoms with Crippen molar-refractivity contribution in [3.05, 3.63) is 0 Å². The van der Waals surface area contributed by atoms with Gasteiger partial charge in [0.2, 0.25) is 0 Å². The van der Waals surface area contributed by atoms with E-state index in [1.807, 2.05) is 6.92 Å². The molecular weight excluding hydrogens is 120 g/mol. The minimum atomic E-state index is -0.153. The van der Waals surface area contributed by atoms with E-state index in [4.69, 9.17) is 9.47 Å². The van der Waals surface area contributed by atoms with Crippen LogP contribution in [0.1, 0.15) is 13.3 Å². The first-order chi connectivity index (χ1) is 4.29. The molecule has 0 aromatic carbocycles. The van der Waals surface area contributed by atoms with Crippen LogP contribution in [0.5, 0.6) is 0 Å². The van der Waals surface area contributed by atoms with E-state index in [9.17, 15) is 4.79 Å². The number of hydrogen-bond acceptors (Lipinski definition) is 3. The van der Waals surface area contributed by atoms with Crippen LogP contribution in [0.2, 0.25) is 0 Å². The van der Waals surface area contributed by atoms with E-state index in [0.29, 0.717) is 19.6 Å². The second-order valence-electron chi connectivity index (χ2n) is 2.11. The van der Waals surface area contributed by atoms with Crippen LogP contribution >= 0.6 is 0 Å². The molecule has 3 nitrogen and oxygen atoms in total. The van der Waals surface area contributed by atoms with Crippen LogP contribution in [0.4, 0.5) is 0 Å². The summed E-state index contributed by atoms with van der Waals surface area (Å²) in [6, 6.07) is 0. The number of hydrogen-bond donors (Lipinski definition) is 0. The van der Waals surface area contributed by atoms with Crippen molar-refractivity contribution in [3.8, 4) is 0 Å². The Morgan fingerprint density at radius 2 is 2.33 bits per heavy atom. The molecule has 1 aliphatic rings. The highest BCUT2D eigenvalue weighted by molar-refractivity contribution is 5.70. The second kappa shape index (κ2) is 2.82. The summed E-state index contributed by atoms with van der Waals surface area (Å²) in [5.74, 6) is -0.153. The predicted molar refractivity (Wildman–Crippen MR) is 31.0 cm³/mol. The lowest BCUT2D eigenvalue weighted by atomic mass is 10.3. The van der Waals surface area contributed by atoms with E-state index in [1.165, 1.54) is 0 Å². The molecule has 52 valence electrons. The molecular formula is C6H10O3. The average molecular weight is 130 g/mol. The van der Waals surface area contributed by atoms with Gasteiger partial charge in [-0.2, -0.15) is 0 Å². The number of ether oxygens (including phenoxy) is 2. The Kier molecular flexibility index (Phi) is 2.05. The molecule has 0 N–H and O–H groups in total. The third-order valence-electron chi connectivity index (χ3n) is 1.20. The van der Waals surface area contributed by atoms with Gasteiger partial charge in [-0.1, -0.05) is 0 Å². The number of carbonyl (C=O) groups is 1. The zero-order chi connectivity index (χ0) is 6.69. The first kappa shape index (κ1) is 6.55. The lowest BCUT2D eigenvalue weighted by molar-refractivity contribution is -0.142. The molecule has 0 bridgehead atoms. The van der Waals surface area contributed by atoms with E-state index in [-0.39, 0.29) is 12.1 Å². The number of cyclic esters (lactones) is 1. The summed E-state index contributed by atoms with van der Waals surface area (Å²) in [5.41, 5.74) is 0. The van der Waals surface area contributed by atoms with Crippen LogP contribution < -0.4 is 0 Å². The molecule has 1 atom stereocenters. The maximum Gasteiger partial charge on any atom is 0.308 e. The van der Waals surface area contributed by atoms with Crippen molar-refractivity contribution in [2.45, 2.75) is 19.4 Å². The minimum absolute atomic E-state index is 0.0278. The van der Waals surface area contributed by atoms with E-state index < -0.39 is 0 Å². The number of rotatable bonds is 0. The first-order valence-electron chi connectivity index (χ1n) is 3.06. The summed E-state index contributed by atoms with van der Waals surface area (Å²) in [5, 5.41) is 0. The highest BCUT2D eigenvalue weighted by Crippen LogP contribution is 2.02. The number of carbonyl (C=O) groups excluding carboxylic acids is 1. The van der Waals surface area contributed by atoms with Crippen LogP contribution in [0.25, 0.3) is 0 Å². The van der Waals surface area contributed by atoms with Crippen molar-refractivity contribution in [1.29, 1.82) is 0 Å². The topological polar surface area (TPSA) is 35.5 Å². The molecule has 1 rings (SSSR count). The maximum atomic E-state index is 10.6. The standard InChI is InChI=1S/C6H10O3/c1-5-4-6(7)9-3-2-8-5/h5H,2-4H2,1H3. The molecule has 0 aromatic rings. The Hall–Kier alpha value is -0.570. The van der Waals surface area contributed by atoms with Crippen molar-refractivity contribution in [2.24, 2.45) is 0 Å².